The van der Waals surface area contributed by atoms with E-state index in [2.05, 4.69) is 0 Å². The van der Waals surface area contributed by atoms with Crippen molar-refractivity contribution in [1.82, 2.24) is 0 Å². The molecule has 1 saturated carbocycles. The number of alkyl halides is 3. The standard InChI is InChI=1S/C16H22F3NO/c17-16(18,19)14-8-4-7-13(9-14)15(20)11-21-10-12-5-2-1-3-6-12/h4,7-9,12,15H,1-3,5-6,10-11,20H2. The molecule has 0 amide bonds. The van der Waals surface area contributed by atoms with E-state index in [0.717, 1.165) is 12.1 Å². The van der Waals surface area contributed by atoms with E-state index in [1.54, 1.807) is 6.07 Å². The Hall–Kier alpha value is -1.07. The van der Waals surface area contributed by atoms with Gasteiger partial charge in [-0.2, -0.15) is 13.2 Å². The largest absolute Gasteiger partial charge is 0.416 e. The number of ether oxygens (including phenoxy) is 1. The Labute approximate surface area is 123 Å². The highest BCUT2D eigenvalue weighted by molar-refractivity contribution is 5.27. The lowest BCUT2D eigenvalue weighted by Gasteiger charge is -2.22. The maximum absolute atomic E-state index is 12.7. The van der Waals surface area contributed by atoms with Gasteiger partial charge in [0.05, 0.1) is 18.2 Å². The van der Waals surface area contributed by atoms with Gasteiger partial charge in [0.1, 0.15) is 0 Å². The van der Waals surface area contributed by atoms with Crippen molar-refractivity contribution >= 4 is 0 Å². The lowest BCUT2D eigenvalue weighted by atomic mass is 9.90. The van der Waals surface area contributed by atoms with Crippen LogP contribution in [0.25, 0.3) is 0 Å². The van der Waals surface area contributed by atoms with E-state index >= 15 is 0 Å². The molecule has 0 heterocycles. The second-order valence-corrected chi connectivity index (χ2v) is 5.77. The predicted molar refractivity (Wildman–Crippen MR) is 75.8 cm³/mol. The molecule has 5 heteroatoms. The molecule has 2 rings (SSSR count). The molecule has 1 aromatic rings. The van der Waals surface area contributed by atoms with Crippen LogP contribution in [-0.4, -0.2) is 13.2 Å². The smallest absolute Gasteiger partial charge is 0.379 e. The van der Waals surface area contributed by atoms with E-state index in [9.17, 15) is 13.2 Å². The molecule has 118 valence electrons. The summed E-state index contributed by atoms with van der Waals surface area (Å²) in [5, 5.41) is 0. The summed E-state index contributed by atoms with van der Waals surface area (Å²) in [7, 11) is 0. The summed E-state index contributed by atoms with van der Waals surface area (Å²) in [6.45, 7) is 0.921. The molecule has 0 saturated heterocycles. The normalized spacial score (nSPS) is 18.7. The Bertz CT molecular complexity index is 441. The Morgan fingerprint density at radius 2 is 1.90 bits per heavy atom. The van der Waals surface area contributed by atoms with Gasteiger partial charge in [-0.25, -0.2) is 0 Å². The second kappa shape index (κ2) is 7.27. The summed E-state index contributed by atoms with van der Waals surface area (Å²) in [4.78, 5) is 0. The highest BCUT2D eigenvalue weighted by Gasteiger charge is 2.30. The Kier molecular flexibility index (Phi) is 5.65. The van der Waals surface area contributed by atoms with Crippen LogP contribution in [0, 0.1) is 5.92 Å². The average molecular weight is 301 g/mol. The summed E-state index contributed by atoms with van der Waals surface area (Å²) in [5.41, 5.74) is 5.73. The van der Waals surface area contributed by atoms with Crippen LogP contribution in [0.15, 0.2) is 24.3 Å². The molecule has 1 aliphatic rings. The molecule has 1 unspecified atom stereocenters. The average Bonchev–Trinajstić information content (AvgIpc) is 2.47. The highest BCUT2D eigenvalue weighted by Crippen LogP contribution is 2.30. The molecule has 2 nitrogen and oxygen atoms in total. The molecule has 1 aromatic carbocycles. The summed E-state index contributed by atoms with van der Waals surface area (Å²) in [6.07, 6.45) is 1.80. The predicted octanol–water partition coefficient (Wildman–Crippen LogP) is 4.30. The second-order valence-electron chi connectivity index (χ2n) is 5.77. The zero-order valence-corrected chi connectivity index (χ0v) is 12.0. The minimum Gasteiger partial charge on any atom is -0.379 e. The van der Waals surface area contributed by atoms with Crippen molar-refractivity contribution in [2.75, 3.05) is 13.2 Å². The summed E-state index contributed by atoms with van der Waals surface area (Å²) >= 11 is 0. The van der Waals surface area contributed by atoms with E-state index in [4.69, 9.17) is 10.5 Å². The molecule has 1 fully saturated rings. The van der Waals surface area contributed by atoms with Gasteiger partial charge in [-0.3, -0.25) is 0 Å². The lowest BCUT2D eigenvalue weighted by Crippen LogP contribution is -2.21. The molecule has 21 heavy (non-hydrogen) atoms. The quantitative estimate of drug-likeness (QED) is 0.880. The van der Waals surface area contributed by atoms with Crippen LogP contribution >= 0.6 is 0 Å². The first kappa shape index (κ1) is 16.3. The fourth-order valence-corrected chi connectivity index (χ4v) is 2.76. The fraction of sp³-hybridized carbons (Fsp3) is 0.625. The third-order valence-electron chi connectivity index (χ3n) is 4.02. The number of halogens is 3. The monoisotopic (exact) mass is 301 g/mol. The van der Waals surface area contributed by atoms with Crippen molar-refractivity contribution in [3.05, 3.63) is 35.4 Å². The van der Waals surface area contributed by atoms with E-state index in [0.29, 0.717) is 18.1 Å². The topological polar surface area (TPSA) is 35.2 Å². The SMILES string of the molecule is NC(COCC1CCCCC1)c1cccc(C(F)(F)F)c1. The first-order chi connectivity index (χ1) is 9.97. The van der Waals surface area contributed by atoms with Crippen molar-refractivity contribution in [1.29, 1.82) is 0 Å². The van der Waals surface area contributed by atoms with Gasteiger partial charge in [-0.1, -0.05) is 31.4 Å². The number of benzene rings is 1. The first-order valence-corrected chi connectivity index (χ1v) is 7.47. The molecular formula is C16H22F3NO. The van der Waals surface area contributed by atoms with E-state index in [1.165, 1.54) is 38.2 Å². The van der Waals surface area contributed by atoms with Gasteiger partial charge in [-0.05, 0) is 36.5 Å². The first-order valence-electron chi connectivity index (χ1n) is 7.47. The van der Waals surface area contributed by atoms with E-state index in [1.807, 2.05) is 0 Å². The maximum Gasteiger partial charge on any atom is 0.416 e. The lowest BCUT2D eigenvalue weighted by molar-refractivity contribution is -0.137. The molecule has 0 radical (unpaired) electrons. The van der Waals surface area contributed by atoms with Crippen molar-refractivity contribution in [2.24, 2.45) is 11.7 Å². The van der Waals surface area contributed by atoms with E-state index < -0.39 is 17.8 Å². The molecule has 1 aliphatic carbocycles. The van der Waals surface area contributed by atoms with Gasteiger partial charge >= 0.3 is 6.18 Å². The van der Waals surface area contributed by atoms with Crippen LogP contribution in [0.2, 0.25) is 0 Å². The van der Waals surface area contributed by atoms with Crippen molar-refractivity contribution in [3.8, 4) is 0 Å². The van der Waals surface area contributed by atoms with Crippen LogP contribution in [-0.2, 0) is 10.9 Å². The van der Waals surface area contributed by atoms with Gasteiger partial charge in [0.15, 0.2) is 0 Å². The summed E-state index contributed by atoms with van der Waals surface area (Å²) < 4.78 is 43.6. The summed E-state index contributed by atoms with van der Waals surface area (Å²) in [5.74, 6) is 0.576. The zero-order valence-electron chi connectivity index (χ0n) is 12.0. The fourth-order valence-electron chi connectivity index (χ4n) is 2.76. The third kappa shape index (κ3) is 5.00. The molecule has 2 N–H and O–H groups in total. The Morgan fingerprint density at radius 1 is 1.19 bits per heavy atom. The van der Waals surface area contributed by atoms with Crippen molar-refractivity contribution in [2.45, 2.75) is 44.3 Å². The minimum atomic E-state index is -4.33. The van der Waals surface area contributed by atoms with Crippen LogP contribution in [0.5, 0.6) is 0 Å². The van der Waals surface area contributed by atoms with Gasteiger partial charge in [0, 0.05) is 6.61 Å². The number of hydrogen-bond donors (Lipinski definition) is 1. The Morgan fingerprint density at radius 3 is 2.57 bits per heavy atom. The van der Waals surface area contributed by atoms with Crippen LogP contribution in [0.4, 0.5) is 13.2 Å². The van der Waals surface area contributed by atoms with Crippen LogP contribution in [0.3, 0.4) is 0 Å². The number of rotatable bonds is 5. The van der Waals surface area contributed by atoms with Crippen LogP contribution in [0.1, 0.15) is 49.3 Å². The highest BCUT2D eigenvalue weighted by atomic mass is 19.4. The molecule has 0 spiro atoms. The number of hydrogen-bond acceptors (Lipinski definition) is 2. The Balaban J connectivity index is 1.83. The van der Waals surface area contributed by atoms with Gasteiger partial charge < -0.3 is 10.5 Å². The maximum atomic E-state index is 12.7. The zero-order chi connectivity index (χ0) is 15.3. The van der Waals surface area contributed by atoms with Gasteiger partial charge in [0.25, 0.3) is 0 Å². The van der Waals surface area contributed by atoms with Gasteiger partial charge in [-0.15, -0.1) is 0 Å². The minimum absolute atomic E-state index is 0.262. The third-order valence-corrected chi connectivity index (χ3v) is 4.02. The molecule has 1 atom stereocenters. The molecule has 0 aliphatic heterocycles. The molecular weight excluding hydrogens is 279 g/mol. The van der Waals surface area contributed by atoms with Crippen LogP contribution < -0.4 is 5.73 Å². The molecule has 0 bridgehead atoms. The van der Waals surface area contributed by atoms with E-state index in [-0.39, 0.29) is 6.61 Å². The number of nitrogens with two attached hydrogens (primary N) is 1. The molecule has 0 aromatic heterocycles. The van der Waals surface area contributed by atoms with Crippen molar-refractivity contribution < 1.29 is 17.9 Å². The van der Waals surface area contributed by atoms with Gasteiger partial charge in [0.2, 0.25) is 0 Å². The summed E-state index contributed by atoms with van der Waals surface area (Å²) in [6, 6.07) is 4.65. The van der Waals surface area contributed by atoms with Crippen molar-refractivity contribution in [3.63, 3.8) is 0 Å².